The number of hydrogen-bond donors (Lipinski definition) is 1. The van der Waals surface area contributed by atoms with Crippen LogP contribution in [0.3, 0.4) is 0 Å². The maximum atomic E-state index is 12.9. The number of nitrogens with two attached hydrogens (primary N) is 1. The maximum Gasteiger partial charge on any atom is 0.232 e. The number of ether oxygens (including phenoxy) is 1. The standard InChI is InChI=1S/C17H24N2O2/c1-16(2,15(20)19-9-11-21-12-10-19)13-5-3-4-6-14(13)17(18)7-8-17/h3-6H,7-12,18H2,1-2H3. The van der Waals surface area contributed by atoms with Crippen LogP contribution in [0, 0.1) is 0 Å². The van der Waals surface area contributed by atoms with Gasteiger partial charge in [0.15, 0.2) is 0 Å². The largest absolute Gasteiger partial charge is 0.378 e. The van der Waals surface area contributed by atoms with Crippen LogP contribution in [0.2, 0.25) is 0 Å². The van der Waals surface area contributed by atoms with Crippen LogP contribution in [0.25, 0.3) is 0 Å². The normalized spacial score (nSPS) is 21.2. The molecule has 1 saturated heterocycles. The van der Waals surface area contributed by atoms with Gasteiger partial charge in [-0.1, -0.05) is 24.3 Å². The average molecular weight is 288 g/mol. The molecular weight excluding hydrogens is 264 g/mol. The summed E-state index contributed by atoms with van der Waals surface area (Å²) in [4.78, 5) is 14.9. The molecule has 1 aromatic carbocycles. The lowest BCUT2D eigenvalue weighted by Gasteiger charge is -2.36. The number of rotatable bonds is 3. The van der Waals surface area contributed by atoms with E-state index in [1.807, 2.05) is 30.9 Å². The summed E-state index contributed by atoms with van der Waals surface area (Å²) in [6.07, 6.45) is 2.01. The van der Waals surface area contributed by atoms with E-state index in [1.54, 1.807) is 0 Å². The first kappa shape index (κ1) is 14.5. The maximum absolute atomic E-state index is 12.9. The summed E-state index contributed by atoms with van der Waals surface area (Å²) in [6.45, 7) is 6.63. The smallest absolute Gasteiger partial charge is 0.232 e. The van der Waals surface area contributed by atoms with Gasteiger partial charge in [-0.25, -0.2) is 0 Å². The van der Waals surface area contributed by atoms with Crippen molar-refractivity contribution < 1.29 is 9.53 Å². The van der Waals surface area contributed by atoms with Crippen LogP contribution in [0.1, 0.15) is 37.8 Å². The molecule has 21 heavy (non-hydrogen) atoms. The van der Waals surface area contributed by atoms with E-state index in [-0.39, 0.29) is 11.4 Å². The van der Waals surface area contributed by atoms with Crippen molar-refractivity contribution >= 4 is 5.91 Å². The summed E-state index contributed by atoms with van der Waals surface area (Å²) >= 11 is 0. The molecule has 0 unspecified atom stereocenters. The number of amides is 1. The molecule has 0 radical (unpaired) electrons. The van der Waals surface area contributed by atoms with Crippen molar-refractivity contribution in [2.45, 2.75) is 37.6 Å². The SMILES string of the molecule is CC(C)(C(=O)N1CCOCC1)c1ccccc1C1(N)CC1. The fourth-order valence-corrected chi connectivity index (χ4v) is 3.14. The highest BCUT2D eigenvalue weighted by Crippen LogP contribution is 2.46. The fraction of sp³-hybridized carbons (Fsp3) is 0.588. The Morgan fingerprint density at radius 3 is 2.48 bits per heavy atom. The van der Waals surface area contributed by atoms with Crippen molar-refractivity contribution in [2.75, 3.05) is 26.3 Å². The Balaban J connectivity index is 1.92. The summed E-state index contributed by atoms with van der Waals surface area (Å²) in [5.41, 5.74) is 7.83. The summed E-state index contributed by atoms with van der Waals surface area (Å²) in [6, 6.07) is 8.15. The summed E-state index contributed by atoms with van der Waals surface area (Å²) < 4.78 is 5.34. The van der Waals surface area contributed by atoms with Crippen LogP contribution in [0.4, 0.5) is 0 Å². The van der Waals surface area contributed by atoms with Crippen LogP contribution < -0.4 is 5.73 Å². The molecule has 4 nitrogen and oxygen atoms in total. The zero-order valence-corrected chi connectivity index (χ0v) is 12.9. The number of carbonyl (C=O) groups is 1. The van der Waals surface area contributed by atoms with Crippen molar-refractivity contribution in [2.24, 2.45) is 5.73 Å². The van der Waals surface area contributed by atoms with Crippen LogP contribution >= 0.6 is 0 Å². The molecule has 3 rings (SSSR count). The van der Waals surface area contributed by atoms with Gasteiger partial charge in [-0.05, 0) is 37.8 Å². The molecule has 0 aromatic heterocycles. The Morgan fingerprint density at radius 2 is 1.86 bits per heavy atom. The molecule has 0 bridgehead atoms. The molecule has 0 spiro atoms. The van der Waals surface area contributed by atoms with Gasteiger partial charge < -0.3 is 15.4 Å². The second kappa shape index (κ2) is 5.11. The van der Waals surface area contributed by atoms with Gasteiger partial charge >= 0.3 is 0 Å². The molecular formula is C17H24N2O2. The monoisotopic (exact) mass is 288 g/mol. The first-order valence-corrected chi connectivity index (χ1v) is 7.71. The Kier molecular flexibility index (Phi) is 3.54. The molecule has 1 amide bonds. The third-order valence-electron chi connectivity index (χ3n) is 4.76. The van der Waals surface area contributed by atoms with Crippen LogP contribution in [-0.2, 0) is 20.5 Å². The lowest BCUT2D eigenvalue weighted by Crippen LogP contribution is -2.49. The van der Waals surface area contributed by atoms with Gasteiger partial charge in [0, 0.05) is 18.6 Å². The van der Waals surface area contributed by atoms with Gasteiger partial charge in [-0.2, -0.15) is 0 Å². The van der Waals surface area contributed by atoms with Crippen molar-refractivity contribution in [1.29, 1.82) is 0 Å². The van der Waals surface area contributed by atoms with Gasteiger partial charge in [0.1, 0.15) is 0 Å². The fourth-order valence-electron chi connectivity index (χ4n) is 3.14. The molecule has 1 aliphatic carbocycles. The van der Waals surface area contributed by atoms with Gasteiger partial charge in [0.25, 0.3) is 0 Å². The quantitative estimate of drug-likeness (QED) is 0.922. The highest BCUT2D eigenvalue weighted by atomic mass is 16.5. The molecule has 1 aromatic rings. The second-order valence-electron chi connectivity index (χ2n) is 6.73. The van der Waals surface area contributed by atoms with Crippen molar-refractivity contribution in [3.8, 4) is 0 Å². The summed E-state index contributed by atoms with van der Waals surface area (Å²) in [5, 5.41) is 0. The number of carbonyl (C=O) groups excluding carboxylic acids is 1. The van der Waals surface area contributed by atoms with E-state index in [2.05, 4.69) is 12.1 Å². The van der Waals surface area contributed by atoms with E-state index in [1.165, 1.54) is 0 Å². The minimum Gasteiger partial charge on any atom is -0.378 e. The summed E-state index contributed by atoms with van der Waals surface area (Å²) in [5.74, 6) is 0.169. The van der Waals surface area contributed by atoms with Crippen LogP contribution in [-0.4, -0.2) is 37.1 Å². The van der Waals surface area contributed by atoms with Gasteiger partial charge in [-0.15, -0.1) is 0 Å². The highest BCUT2D eigenvalue weighted by molar-refractivity contribution is 5.88. The molecule has 2 fully saturated rings. The van der Waals surface area contributed by atoms with Crippen LogP contribution in [0.5, 0.6) is 0 Å². The first-order chi connectivity index (χ1) is 9.95. The number of hydrogen-bond acceptors (Lipinski definition) is 3. The lowest BCUT2D eigenvalue weighted by atomic mass is 9.78. The molecule has 1 heterocycles. The minimum atomic E-state index is -0.553. The molecule has 1 saturated carbocycles. The molecule has 2 N–H and O–H groups in total. The van der Waals surface area contributed by atoms with E-state index in [4.69, 9.17) is 10.5 Å². The first-order valence-electron chi connectivity index (χ1n) is 7.71. The van der Waals surface area contributed by atoms with Crippen molar-refractivity contribution in [3.63, 3.8) is 0 Å². The zero-order chi connectivity index (χ0) is 15.1. The minimum absolute atomic E-state index is 0.169. The van der Waals surface area contributed by atoms with Crippen LogP contribution in [0.15, 0.2) is 24.3 Å². The molecule has 114 valence electrons. The van der Waals surface area contributed by atoms with Crippen molar-refractivity contribution in [3.05, 3.63) is 35.4 Å². The predicted octanol–water partition coefficient (Wildman–Crippen LogP) is 1.77. The van der Waals surface area contributed by atoms with E-state index in [0.29, 0.717) is 26.3 Å². The molecule has 1 aliphatic heterocycles. The van der Waals surface area contributed by atoms with Crippen molar-refractivity contribution in [1.82, 2.24) is 4.90 Å². The second-order valence-corrected chi connectivity index (χ2v) is 6.73. The van der Waals surface area contributed by atoms with E-state index in [9.17, 15) is 4.79 Å². The molecule has 2 aliphatic rings. The lowest BCUT2D eigenvalue weighted by molar-refractivity contribution is -0.140. The van der Waals surface area contributed by atoms with E-state index >= 15 is 0 Å². The topological polar surface area (TPSA) is 55.6 Å². The molecule has 0 atom stereocenters. The Morgan fingerprint density at radius 1 is 1.24 bits per heavy atom. The molecule has 4 heteroatoms. The number of benzene rings is 1. The predicted molar refractivity (Wildman–Crippen MR) is 82.0 cm³/mol. The van der Waals surface area contributed by atoms with Gasteiger partial charge in [0.05, 0.1) is 18.6 Å². The van der Waals surface area contributed by atoms with Gasteiger partial charge in [0.2, 0.25) is 5.91 Å². The Bertz CT molecular complexity index is 543. The average Bonchev–Trinajstić information content (AvgIpc) is 3.26. The Hall–Kier alpha value is -1.39. The number of nitrogens with zero attached hydrogens (tertiary/aromatic N) is 1. The van der Waals surface area contributed by atoms with Gasteiger partial charge in [-0.3, -0.25) is 4.79 Å². The summed E-state index contributed by atoms with van der Waals surface area (Å²) in [7, 11) is 0. The van der Waals surface area contributed by atoms with E-state index in [0.717, 1.165) is 24.0 Å². The Labute approximate surface area is 126 Å². The number of morpholine rings is 1. The third kappa shape index (κ3) is 2.58. The van der Waals surface area contributed by atoms with E-state index < -0.39 is 5.41 Å². The zero-order valence-electron chi connectivity index (χ0n) is 12.9. The highest BCUT2D eigenvalue weighted by Gasteiger charge is 2.45. The third-order valence-corrected chi connectivity index (χ3v) is 4.76.